The van der Waals surface area contributed by atoms with Crippen molar-refractivity contribution >= 4 is 10.9 Å². The van der Waals surface area contributed by atoms with E-state index in [4.69, 9.17) is 0 Å². The molecule has 90 valence electrons. The van der Waals surface area contributed by atoms with Gasteiger partial charge in [0.05, 0.1) is 5.52 Å². The largest absolute Gasteiger partial charge is 0.315 e. The number of benzene rings is 1. The van der Waals surface area contributed by atoms with Crippen molar-refractivity contribution in [3.8, 4) is 0 Å². The first-order valence-corrected chi connectivity index (χ1v) is 6.36. The Bertz CT molecular complexity index is 479. The standard InChI is InChI=1S/C15H20N2/c1-3-16-12(2)6-7-13-8-9-15-14(11-13)5-4-10-17-15/h4-5,8-12,16H,3,6-7H2,1-2H3. The van der Waals surface area contributed by atoms with E-state index in [1.54, 1.807) is 0 Å². The molecule has 0 amide bonds. The Hall–Kier alpha value is -1.41. The number of aromatic nitrogens is 1. The lowest BCUT2D eigenvalue weighted by atomic mass is 10.0. The van der Waals surface area contributed by atoms with Crippen molar-refractivity contribution in [3.05, 3.63) is 42.1 Å². The van der Waals surface area contributed by atoms with Crippen molar-refractivity contribution in [2.24, 2.45) is 0 Å². The number of aryl methyl sites for hydroxylation is 1. The van der Waals surface area contributed by atoms with Crippen LogP contribution in [0.25, 0.3) is 10.9 Å². The van der Waals surface area contributed by atoms with Gasteiger partial charge in [-0.1, -0.05) is 19.1 Å². The third-order valence-corrected chi connectivity index (χ3v) is 3.09. The van der Waals surface area contributed by atoms with Gasteiger partial charge in [-0.3, -0.25) is 4.98 Å². The van der Waals surface area contributed by atoms with Crippen LogP contribution < -0.4 is 5.32 Å². The van der Waals surface area contributed by atoms with Crippen LogP contribution in [0.1, 0.15) is 25.8 Å². The number of nitrogens with zero attached hydrogens (tertiary/aromatic N) is 1. The van der Waals surface area contributed by atoms with E-state index in [1.165, 1.54) is 17.4 Å². The predicted molar refractivity (Wildman–Crippen MR) is 73.2 cm³/mol. The number of nitrogens with one attached hydrogen (secondary N) is 1. The minimum Gasteiger partial charge on any atom is -0.315 e. The maximum Gasteiger partial charge on any atom is 0.0702 e. The molecule has 1 aromatic carbocycles. The summed E-state index contributed by atoms with van der Waals surface area (Å²) in [6.07, 6.45) is 4.15. The zero-order valence-corrected chi connectivity index (χ0v) is 10.6. The molecule has 0 fully saturated rings. The van der Waals surface area contributed by atoms with Gasteiger partial charge in [0.1, 0.15) is 0 Å². The Balaban J connectivity index is 2.04. The van der Waals surface area contributed by atoms with Crippen molar-refractivity contribution in [1.29, 1.82) is 0 Å². The van der Waals surface area contributed by atoms with Crippen molar-refractivity contribution < 1.29 is 0 Å². The minimum absolute atomic E-state index is 0.588. The van der Waals surface area contributed by atoms with Gasteiger partial charge in [-0.05, 0) is 50.1 Å². The fourth-order valence-electron chi connectivity index (χ4n) is 2.11. The second-order valence-corrected chi connectivity index (χ2v) is 4.53. The lowest BCUT2D eigenvalue weighted by Crippen LogP contribution is -2.25. The third-order valence-electron chi connectivity index (χ3n) is 3.09. The van der Waals surface area contributed by atoms with Crippen LogP contribution >= 0.6 is 0 Å². The van der Waals surface area contributed by atoms with Gasteiger partial charge in [0.2, 0.25) is 0 Å². The van der Waals surface area contributed by atoms with Gasteiger partial charge in [-0.15, -0.1) is 0 Å². The summed E-state index contributed by atoms with van der Waals surface area (Å²) in [4.78, 5) is 4.33. The van der Waals surface area contributed by atoms with E-state index in [1.807, 2.05) is 12.3 Å². The minimum atomic E-state index is 0.588. The van der Waals surface area contributed by atoms with Gasteiger partial charge in [0.25, 0.3) is 0 Å². The third kappa shape index (κ3) is 3.27. The summed E-state index contributed by atoms with van der Waals surface area (Å²) in [5, 5.41) is 4.68. The Kier molecular flexibility index (Phi) is 4.10. The quantitative estimate of drug-likeness (QED) is 0.850. The van der Waals surface area contributed by atoms with E-state index in [-0.39, 0.29) is 0 Å². The Morgan fingerprint density at radius 1 is 1.29 bits per heavy atom. The van der Waals surface area contributed by atoms with E-state index in [2.05, 4.69) is 48.4 Å². The summed E-state index contributed by atoms with van der Waals surface area (Å²) in [7, 11) is 0. The molecule has 1 N–H and O–H groups in total. The van der Waals surface area contributed by atoms with Gasteiger partial charge in [0, 0.05) is 17.6 Å². The SMILES string of the molecule is CCNC(C)CCc1ccc2ncccc2c1. The summed E-state index contributed by atoms with van der Waals surface area (Å²) in [6, 6.07) is 11.3. The van der Waals surface area contributed by atoms with Crippen LogP contribution in [-0.4, -0.2) is 17.6 Å². The molecule has 1 heterocycles. The number of pyridine rings is 1. The van der Waals surface area contributed by atoms with Crippen LogP contribution in [0, 0.1) is 0 Å². The fourth-order valence-corrected chi connectivity index (χ4v) is 2.11. The molecule has 1 unspecified atom stereocenters. The Labute approximate surface area is 103 Å². The highest BCUT2D eigenvalue weighted by Gasteiger charge is 2.01. The molecule has 0 bridgehead atoms. The molecule has 0 radical (unpaired) electrons. The van der Waals surface area contributed by atoms with Crippen molar-refractivity contribution in [1.82, 2.24) is 10.3 Å². The maximum atomic E-state index is 4.33. The van der Waals surface area contributed by atoms with Crippen LogP contribution in [0.4, 0.5) is 0 Å². The molecule has 0 aliphatic heterocycles. The van der Waals surface area contributed by atoms with Gasteiger partial charge >= 0.3 is 0 Å². The number of hydrogen-bond acceptors (Lipinski definition) is 2. The van der Waals surface area contributed by atoms with Gasteiger partial charge in [-0.25, -0.2) is 0 Å². The topological polar surface area (TPSA) is 24.9 Å². The van der Waals surface area contributed by atoms with Crippen LogP contribution in [0.5, 0.6) is 0 Å². The van der Waals surface area contributed by atoms with E-state index in [9.17, 15) is 0 Å². The highest BCUT2D eigenvalue weighted by molar-refractivity contribution is 5.78. The van der Waals surface area contributed by atoms with E-state index < -0.39 is 0 Å². The highest BCUT2D eigenvalue weighted by Crippen LogP contribution is 2.15. The van der Waals surface area contributed by atoms with Crippen LogP contribution in [-0.2, 0) is 6.42 Å². The van der Waals surface area contributed by atoms with Crippen LogP contribution in [0.2, 0.25) is 0 Å². The average molecular weight is 228 g/mol. The van der Waals surface area contributed by atoms with Gasteiger partial charge in [-0.2, -0.15) is 0 Å². The second kappa shape index (κ2) is 5.78. The van der Waals surface area contributed by atoms with Gasteiger partial charge < -0.3 is 5.32 Å². The molecule has 0 aliphatic rings. The second-order valence-electron chi connectivity index (χ2n) is 4.53. The molecule has 2 heteroatoms. The molecular weight excluding hydrogens is 208 g/mol. The summed E-state index contributed by atoms with van der Waals surface area (Å²) in [5.41, 5.74) is 2.48. The lowest BCUT2D eigenvalue weighted by molar-refractivity contribution is 0.531. The zero-order chi connectivity index (χ0) is 12.1. The first kappa shape index (κ1) is 12.1. The summed E-state index contributed by atoms with van der Waals surface area (Å²) in [6.45, 7) is 5.44. The molecule has 1 aromatic heterocycles. The molecule has 2 rings (SSSR count). The number of rotatable bonds is 5. The summed E-state index contributed by atoms with van der Waals surface area (Å²) < 4.78 is 0. The molecule has 0 saturated heterocycles. The highest BCUT2D eigenvalue weighted by atomic mass is 14.9. The zero-order valence-electron chi connectivity index (χ0n) is 10.6. The molecule has 0 aliphatic carbocycles. The summed E-state index contributed by atoms with van der Waals surface area (Å²) >= 11 is 0. The van der Waals surface area contributed by atoms with E-state index >= 15 is 0 Å². The average Bonchev–Trinajstić information content (AvgIpc) is 2.36. The first-order valence-electron chi connectivity index (χ1n) is 6.36. The molecular formula is C15H20N2. The first-order chi connectivity index (χ1) is 8.29. The van der Waals surface area contributed by atoms with Crippen molar-refractivity contribution in [2.45, 2.75) is 32.7 Å². The lowest BCUT2D eigenvalue weighted by Gasteiger charge is -2.12. The normalized spacial score (nSPS) is 12.8. The number of hydrogen-bond donors (Lipinski definition) is 1. The van der Waals surface area contributed by atoms with E-state index in [0.29, 0.717) is 6.04 Å². The van der Waals surface area contributed by atoms with Crippen molar-refractivity contribution in [3.63, 3.8) is 0 Å². The molecule has 0 saturated carbocycles. The maximum absolute atomic E-state index is 4.33. The molecule has 2 nitrogen and oxygen atoms in total. The van der Waals surface area contributed by atoms with E-state index in [0.717, 1.165) is 18.5 Å². The molecule has 0 spiro atoms. The van der Waals surface area contributed by atoms with Crippen LogP contribution in [0.3, 0.4) is 0 Å². The molecule has 1 atom stereocenters. The smallest absolute Gasteiger partial charge is 0.0702 e. The molecule has 2 aromatic rings. The Morgan fingerprint density at radius 3 is 3.00 bits per heavy atom. The van der Waals surface area contributed by atoms with Crippen molar-refractivity contribution in [2.75, 3.05) is 6.54 Å². The monoisotopic (exact) mass is 228 g/mol. The Morgan fingerprint density at radius 2 is 2.18 bits per heavy atom. The van der Waals surface area contributed by atoms with Gasteiger partial charge in [0.15, 0.2) is 0 Å². The predicted octanol–water partition coefficient (Wildman–Crippen LogP) is 3.17. The fraction of sp³-hybridized carbons (Fsp3) is 0.400. The number of fused-ring (bicyclic) bond motifs is 1. The van der Waals surface area contributed by atoms with Crippen LogP contribution in [0.15, 0.2) is 36.5 Å². The summed E-state index contributed by atoms with van der Waals surface area (Å²) in [5.74, 6) is 0. The molecule has 17 heavy (non-hydrogen) atoms.